The van der Waals surface area contributed by atoms with Gasteiger partial charge in [-0.05, 0) is 25.1 Å². The summed E-state index contributed by atoms with van der Waals surface area (Å²) in [5.41, 5.74) is 1.36. The smallest absolute Gasteiger partial charge is 0.340 e. The molecule has 2 aromatic rings. The van der Waals surface area contributed by atoms with Crippen molar-refractivity contribution < 1.29 is 14.6 Å². The highest BCUT2D eigenvalue weighted by molar-refractivity contribution is 9.10. The Morgan fingerprint density at radius 1 is 1.47 bits per heavy atom. The molecule has 0 aliphatic heterocycles. The van der Waals surface area contributed by atoms with Gasteiger partial charge in [-0.25, -0.2) is 9.78 Å². The minimum absolute atomic E-state index is 0.149. The molecule has 0 amide bonds. The average Bonchev–Trinajstić information content (AvgIpc) is 2.27. The maximum absolute atomic E-state index is 11.3. The molecular formula is C12H10BrNO3. The maximum Gasteiger partial charge on any atom is 0.340 e. The topological polar surface area (TPSA) is 59.4 Å². The molecule has 0 aliphatic rings. The lowest BCUT2D eigenvalue weighted by molar-refractivity contribution is 0.0695. The van der Waals surface area contributed by atoms with Crippen LogP contribution in [0.5, 0.6) is 5.75 Å². The lowest BCUT2D eigenvalue weighted by Crippen LogP contribution is -2.05. The van der Waals surface area contributed by atoms with Crippen LogP contribution in [0.4, 0.5) is 0 Å². The van der Waals surface area contributed by atoms with Crippen LogP contribution in [-0.4, -0.2) is 23.2 Å². The zero-order chi connectivity index (χ0) is 12.6. The third kappa shape index (κ3) is 1.98. The number of aromatic nitrogens is 1. The zero-order valence-electron chi connectivity index (χ0n) is 9.32. The van der Waals surface area contributed by atoms with E-state index in [0.29, 0.717) is 22.3 Å². The summed E-state index contributed by atoms with van der Waals surface area (Å²) < 4.78 is 5.93. The fraction of sp³-hybridized carbons (Fsp3) is 0.167. The third-order valence-electron chi connectivity index (χ3n) is 2.49. The van der Waals surface area contributed by atoms with E-state index in [4.69, 9.17) is 4.74 Å². The summed E-state index contributed by atoms with van der Waals surface area (Å²) in [6.45, 7) is 1.73. The van der Waals surface area contributed by atoms with Crippen LogP contribution in [0.15, 0.2) is 22.7 Å². The molecule has 0 spiro atoms. The predicted molar refractivity (Wildman–Crippen MR) is 67.7 cm³/mol. The molecule has 0 aliphatic carbocycles. The second kappa shape index (κ2) is 4.33. The van der Waals surface area contributed by atoms with Crippen molar-refractivity contribution >= 4 is 32.8 Å². The van der Waals surface area contributed by atoms with Crippen LogP contribution in [0.3, 0.4) is 0 Å². The molecule has 1 N–H and O–H groups in total. The number of carbonyl (C=O) groups is 1. The molecule has 4 nitrogen and oxygen atoms in total. The minimum atomic E-state index is -1.02. The van der Waals surface area contributed by atoms with Gasteiger partial charge < -0.3 is 9.84 Å². The van der Waals surface area contributed by atoms with Gasteiger partial charge >= 0.3 is 5.97 Å². The third-order valence-corrected chi connectivity index (χ3v) is 2.98. The Hall–Kier alpha value is -1.62. The van der Waals surface area contributed by atoms with Gasteiger partial charge in [-0.15, -0.1) is 0 Å². The number of methoxy groups -OCH3 is 1. The van der Waals surface area contributed by atoms with Crippen molar-refractivity contribution in [1.29, 1.82) is 0 Å². The lowest BCUT2D eigenvalue weighted by atomic mass is 10.1. The number of aryl methyl sites for hydroxylation is 1. The molecule has 0 atom stereocenters. The fourth-order valence-corrected chi connectivity index (χ4v) is 2.16. The molecule has 17 heavy (non-hydrogen) atoms. The number of nitrogens with zero attached hydrogens (tertiary/aromatic N) is 1. The van der Waals surface area contributed by atoms with Crippen LogP contribution in [0.25, 0.3) is 10.9 Å². The van der Waals surface area contributed by atoms with Crippen LogP contribution >= 0.6 is 15.9 Å². The van der Waals surface area contributed by atoms with Crippen LogP contribution in [0.1, 0.15) is 16.1 Å². The number of hydrogen-bond donors (Lipinski definition) is 1. The Labute approximate surface area is 106 Å². The Kier molecular flexibility index (Phi) is 3.02. The molecule has 0 unspecified atom stereocenters. The second-order valence-corrected chi connectivity index (χ2v) is 4.49. The highest BCUT2D eigenvalue weighted by Gasteiger charge is 2.19. The van der Waals surface area contributed by atoms with Crippen molar-refractivity contribution in [3.8, 4) is 5.75 Å². The van der Waals surface area contributed by atoms with Crippen LogP contribution in [0.2, 0.25) is 0 Å². The summed E-state index contributed by atoms with van der Waals surface area (Å²) in [6.07, 6.45) is 0. The zero-order valence-corrected chi connectivity index (χ0v) is 10.9. The number of aromatic carboxylic acids is 1. The minimum Gasteiger partial charge on any atom is -0.494 e. The van der Waals surface area contributed by atoms with Gasteiger partial charge in [-0.2, -0.15) is 0 Å². The van der Waals surface area contributed by atoms with Gasteiger partial charge in [0.15, 0.2) is 5.75 Å². The highest BCUT2D eigenvalue weighted by atomic mass is 79.9. The van der Waals surface area contributed by atoms with Crippen molar-refractivity contribution in [2.75, 3.05) is 7.11 Å². The quantitative estimate of drug-likeness (QED) is 0.925. The molecule has 1 aromatic carbocycles. The number of carboxylic acid groups (broad SMARTS) is 1. The van der Waals surface area contributed by atoms with E-state index in [-0.39, 0.29) is 5.56 Å². The number of hydrogen-bond acceptors (Lipinski definition) is 3. The number of ether oxygens (including phenoxy) is 1. The molecule has 0 saturated heterocycles. The maximum atomic E-state index is 11.3. The number of halogens is 1. The predicted octanol–water partition coefficient (Wildman–Crippen LogP) is 3.01. The molecule has 0 fully saturated rings. The normalized spacial score (nSPS) is 10.5. The van der Waals surface area contributed by atoms with E-state index in [1.54, 1.807) is 19.1 Å². The first-order valence-corrected chi connectivity index (χ1v) is 5.71. The Morgan fingerprint density at radius 2 is 2.18 bits per heavy atom. The Bertz CT molecular complexity index is 610. The first kappa shape index (κ1) is 11.9. The van der Waals surface area contributed by atoms with E-state index >= 15 is 0 Å². The van der Waals surface area contributed by atoms with Crippen molar-refractivity contribution in [2.45, 2.75) is 6.92 Å². The number of benzene rings is 1. The van der Waals surface area contributed by atoms with Gasteiger partial charge in [-0.3, -0.25) is 0 Å². The number of pyridine rings is 1. The summed E-state index contributed by atoms with van der Waals surface area (Å²) in [6, 6.07) is 5.33. The van der Waals surface area contributed by atoms with Gasteiger partial charge in [0.2, 0.25) is 0 Å². The van der Waals surface area contributed by atoms with Crippen LogP contribution < -0.4 is 4.74 Å². The summed E-state index contributed by atoms with van der Waals surface area (Å²) in [4.78, 5) is 15.7. The number of carboxylic acids is 1. The van der Waals surface area contributed by atoms with E-state index in [0.717, 1.165) is 4.47 Å². The van der Waals surface area contributed by atoms with Gasteiger partial charge in [0, 0.05) is 9.86 Å². The molecule has 0 saturated carbocycles. The molecule has 0 bridgehead atoms. The molecule has 2 rings (SSSR count). The van der Waals surface area contributed by atoms with E-state index in [1.807, 2.05) is 6.07 Å². The Morgan fingerprint density at radius 3 is 2.76 bits per heavy atom. The summed E-state index contributed by atoms with van der Waals surface area (Å²) in [5, 5.41) is 9.85. The SMILES string of the molecule is COc1c(C)nc2ccc(Br)cc2c1C(=O)O. The first-order valence-electron chi connectivity index (χ1n) is 4.91. The molecule has 88 valence electrons. The van der Waals surface area contributed by atoms with Gasteiger partial charge in [0.05, 0.1) is 18.3 Å². The fourth-order valence-electron chi connectivity index (χ4n) is 1.80. The molecule has 5 heteroatoms. The number of rotatable bonds is 2. The summed E-state index contributed by atoms with van der Waals surface area (Å²) >= 11 is 3.32. The van der Waals surface area contributed by atoms with Gasteiger partial charge in [0.1, 0.15) is 5.56 Å². The molecule has 0 radical (unpaired) electrons. The van der Waals surface area contributed by atoms with Crippen molar-refractivity contribution in [2.24, 2.45) is 0 Å². The van der Waals surface area contributed by atoms with Gasteiger partial charge in [0.25, 0.3) is 0 Å². The average molecular weight is 296 g/mol. The van der Waals surface area contributed by atoms with E-state index < -0.39 is 5.97 Å². The lowest BCUT2D eigenvalue weighted by Gasteiger charge is -2.11. The largest absolute Gasteiger partial charge is 0.494 e. The van der Waals surface area contributed by atoms with E-state index in [1.165, 1.54) is 7.11 Å². The van der Waals surface area contributed by atoms with Gasteiger partial charge in [-0.1, -0.05) is 15.9 Å². The number of fused-ring (bicyclic) bond motifs is 1. The monoisotopic (exact) mass is 295 g/mol. The van der Waals surface area contributed by atoms with E-state index in [2.05, 4.69) is 20.9 Å². The Balaban J connectivity index is 2.94. The van der Waals surface area contributed by atoms with Crippen molar-refractivity contribution in [3.05, 3.63) is 33.9 Å². The van der Waals surface area contributed by atoms with Crippen molar-refractivity contribution in [1.82, 2.24) is 4.98 Å². The van der Waals surface area contributed by atoms with Crippen molar-refractivity contribution in [3.63, 3.8) is 0 Å². The second-order valence-electron chi connectivity index (χ2n) is 3.57. The summed E-state index contributed by atoms with van der Waals surface area (Å²) in [7, 11) is 1.44. The molecule has 1 heterocycles. The van der Waals surface area contributed by atoms with Crippen LogP contribution in [0, 0.1) is 6.92 Å². The van der Waals surface area contributed by atoms with Crippen LogP contribution in [-0.2, 0) is 0 Å². The molecule has 1 aromatic heterocycles. The highest BCUT2D eigenvalue weighted by Crippen LogP contribution is 2.31. The molecular weight excluding hydrogens is 286 g/mol. The summed E-state index contributed by atoms with van der Waals surface area (Å²) in [5.74, 6) is -0.710. The first-order chi connectivity index (χ1) is 8.04. The standard InChI is InChI=1S/C12H10BrNO3/c1-6-11(17-2)10(12(15)16)8-5-7(13)3-4-9(8)14-6/h3-5H,1-2H3,(H,15,16). The van der Waals surface area contributed by atoms with E-state index in [9.17, 15) is 9.90 Å².